The standard InChI is InChI=1S/C18H29N3O/c1-2-3-4-5-6-7-8-9-10-12-16-20-21-18(22)17-14-11-13-15-19-17/h11,13-16H,2-10,12H2,1H3,(H,21,22). The van der Waals surface area contributed by atoms with Crippen LogP contribution >= 0.6 is 0 Å². The molecule has 0 aliphatic heterocycles. The van der Waals surface area contributed by atoms with Gasteiger partial charge in [-0.15, -0.1) is 0 Å². The first-order chi connectivity index (χ1) is 10.8. The van der Waals surface area contributed by atoms with Gasteiger partial charge in [0.15, 0.2) is 0 Å². The highest BCUT2D eigenvalue weighted by Gasteiger charge is 2.02. The molecule has 1 heterocycles. The van der Waals surface area contributed by atoms with E-state index in [-0.39, 0.29) is 5.91 Å². The first kappa shape index (κ1) is 18.3. The Balaban J connectivity index is 1.93. The molecule has 0 aliphatic carbocycles. The van der Waals surface area contributed by atoms with Crippen molar-refractivity contribution in [3.05, 3.63) is 30.1 Å². The van der Waals surface area contributed by atoms with Gasteiger partial charge in [0, 0.05) is 12.4 Å². The largest absolute Gasteiger partial charge is 0.289 e. The molecule has 0 spiro atoms. The van der Waals surface area contributed by atoms with E-state index < -0.39 is 0 Å². The van der Waals surface area contributed by atoms with E-state index in [1.807, 2.05) is 0 Å². The lowest BCUT2D eigenvalue weighted by Gasteiger charge is -2.00. The summed E-state index contributed by atoms with van der Waals surface area (Å²) in [6, 6.07) is 5.24. The highest BCUT2D eigenvalue weighted by Crippen LogP contribution is 2.09. The average Bonchev–Trinajstić information content (AvgIpc) is 2.56. The molecule has 1 amide bonds. The third-order valence-corrected chi connectivity index (χ3v) is 3.59. The molecule has 0 bridgehead atoms. The van der Waals surface area contributed by atoms with E-state index >= 15 is 0 Å². The van der Waals surface area contributed by atoms with Crippen LogP contribution in [0.15, 0.2) is 29.5 Å². The molecule has 22 heavy (non-hydrogen) atoms. The fourth-order valence-electron chi connectivity index (χ4n) is 2.27. The van der Waals surface area contributed by atoms with Gasteiger partial charge in [0.05, 0.1) is 0 Å². The molecular weight excluding hydrogens is 274 g/mol. The summed E-state index contributed by atoms with van der Waals surface area (Å²) in [4.78, 5) is 15.6. The van der Waals surface area contributed by atoms with Crippen LogP contribution in [0.3, 0.4) is 0 Å². The second-order valence-electron chi connectivity index (χ2n) is 5.58. The fraction of sp³-hybridized carbons (Fsp3) is 0.611. The Labute approximate surface area is 134 Å². The minimum absolute atomic E-state index is 0.260. The summed E-state index contributed by atoms with van der Waals surface area (Å²) in [7, 11) is 0. The van der Waals surface area contributed by atoms with Crippen molar-refractivity contribution >= 4 is 12.1 Å². The molecule has 1 N–H and O–H groups in total. The van der Waals surface area contributed by atoms with Gasteiger partial charge in [-0.05, 0) is 25.0 Å². The van der Waals surface area contributed by atoms with Crippen LogP contribution in [0.5, 0.6) is 0 Å². The second kappa shape index (κ2) is 13.0. The predicted octanol–water partition coefficient (Wildman–Crippen LogP) is 4.72. The van der Waals surface area contributed by atoms with Crippen LogP contribution < -0.4 is 5.43 Å². The van der Waals surface area contributed by atoms with E-state index in [0.29, 0.717) is 5.69 Å². The summed E-state index contributed by atoms with van der Waals surface area (Å²) >= 11 is 0. The van der Waals surface area contributed by atoms with Gasteiger partial charge in [0.1, 0.15) is 5.69 Å². The third kappa shape index (κ3) is 9.27. The van der Waals surface area contributed by atoms with Crippen LogP contribution in [0.25, 0.3) is 0 Å². The smallest absolute Gasteiger partial charge is 0.266 e. The number of amides is 1. The zero-order valence-electron chi connectivity index (χ0n) is 13.8. The van der Waals surface area contributed by atoms with Gasteiger partial charge in [0.25, 0.3) is 5.91 Å². The van der Waals surface area contributed by atoms with Crippen molar-refractivity contribution < 1.29 is 4.79 Å². The van der Waals surface area contributed by atoms with Crippen LogP contribution in [0.4, 0.5) is 0 Å². The minimum atomic E-state index is -0.260. The molecule has 0 atom stereocenters. The molecule has 122 valence electrons. The van der Waals surface area contributed by atoms with Crippen molar-refractivity contribution in [2.24, 2.45) is 5.10 Å². The molecule has 0 radical (unpaired) electrons. The molecule has 1 aromatic rings. The van der Waals surface area contributed by atoms with E-state index in [2.05, 4.69) is 22.4 Å². The number of rotatable bonds is 12. The zero-order valence-corrected chi connectivity index (χ0v) is 13.8. The van der Waals surface area contributed by atoms with Crippen LogP contribution in [-0.4, -0.2) is 17.1 Å². The molecule has 4 nitrogen and oxygen atoms in total. The number of nitrogens with zero attached hydrogens (tertiary/aromatic N) is 2. The quantitative estimate of drug-likeness (QED) is 0.345. The number of hydrogen-bond donors (Lipinski definition) is 1. The monoisotopic (exact) mass is 303 g/mol. The van der Waals surface area contributed by atoms with Gasteiger partial charge >= 0.3 is 0 Å². The summed E-state index contributed by atoms with van der Waals surface area (Å²) in [5, 5.41) is 3.95. The highest BCUT2D eigenvalue weighted by atomic mass is 16.2. The third-order valence-electron chi connectivity index (χ3n) is 3.59. The maximum absolute atomic E-state index is 11.6. The normalized spacial score (nSPS) is 11.0. The number of unbranched alkanes of at least 4 members (excludes halogenated alkanes) is 9. The first-order valence-electron chi connectivity index (χ1n) is 8.57. The summed E-state index contributed by atoms with van der Waals surface area (Å²) in [6.07, 6.45) is 16.2. The molecule has 0 aromatic carbocycles. The molecule has 4 heteroatoms. The van der Waals surface area contributed by atoms with Crippen molar-refractivity contribution in [3.63, 3.8) is 0 Å². The Morgan fingerprint density at radius 1 is 1.09 bits per heavy atom. The summed E-state index contributed by atoms with van der Waals surface area (Å²) in [5.74, 6) is -0.260. The van der Waals surface area contributed by atoms with Crippen LogP contribution in [0.2, 0.25) is 0 Å². The molecular formula is C18H29N3O. The number of nitrogens with one attached hydrogen (secondary N) is 1. The summed E-state index contributed by atoms with van der Waals surface area (Å²) in [6.45, 7) is 2.25. The number of pyridine rings is 1. The molecule has 0 unspecified atom stereocenters. The van der Waals surface area contributed by atoms with Crippen molar-refractivity contribution in [2.45, 2.75) is 71.1 Å². The maximum Gasteiger partial charge on any atom is 0.289 e. The topological polar surface area (TPSA) is 54.4 Å². The fourth-order valence-corrected chi connectivity index (χ4v) is 2.27. The van der Waals surface area contributed by atoms with Crippen molar-refractivity contribution in [1.82, 2.24) is 10.4 Å². The maximum atomic E-state index is 11.6. The number of carbonyl (C=O) groups excluding carboxylic acids is 1. The van der Waals surface area contributed by atoms with Crippen LogP contribution in [-0.2, 0) is 0 Å². The lowest BCUT2D eigenvalue weighted by molar-refractivity contribution is 0.0950. The first-order valence-corrected chi connectivity index (χ1v) is 8.57. The van der Waals surface area contributed by atoms with Crippen molar-refractivity contribution in [1.29, 1.82) is 0 Å². The SMILES string of the molecule is CCCCCCCCCCCC=NNC(=O)c1ccccn1. The van der Waals surface area contributed by atoms with Gasteiger partial charge in [-0.25, -0.2) is 5.43 Å². The average molecular weight is 303 g/mol. The van der Waals surface area contributed by atoms with Gasteiger partial charge in [-0.3, -0.25) is 9.78 Å². The Kier molecular flexibility index (Phi) is 10.8. The van der Waals surface area contributed by atoms with E-state index in [1.165, 1.54) is 51.4 Å². The van der Waals surface area contributed by atoms with E-state index in [9.17, 15) is 4.79 Å². The number of hydrogen-bond acceptors (Lipinski definition) is 3. The van der Waals surface area contributed by atoms with Crippen LogP contribution in [0, 0.1) is 0 Å². The summed E-state index contributed by atoms with van der Waals surface area (Å²) in [5.41, 5.74) is 2.89. The second-order valence-corrected chi connectivity index (χ2v) is 5.58. The Hall–Kier alpha value is -1.71. The molecule has 0 saturated carbocycles. The van der Waals surface area contributed by atoms with Gasteiger partial charge in [0.2, 0.25) is 0 Å². The molecule has 0 fully saturated rings. The number of hydrazone groups is 1. The van der Waals surface area contributed by atoms with Crippen LogP contribution in [0.1, 0.15) is 81.6 Å². The minimum Gasteiger partial charge on any atom is -0.266 e. The number of aromatic nitrogens is 1. The summed E-state index contributed by atoms with van der Waals surface area (Å²) < 4.78 is 0. The molecule has 1 rings (SSSR count). The lowest BCUT2D eigenvalue weighted by atomic mass is 10.1. The van der Waals surface area contributed by atoms with Gasteiger partial charge in [-0.2, -0.15) is 5.10 Å². The van der Waals surface area contributed by atoms with E-state index in [1.54, 1.807) is 30.6 Å². The van der Waals surface area contributed by atoms with Gasteiger partial charge in [-0.1, -0.05) is 64.4 Å². The molecule has 1 aromatic heterocycles. The molecule has 0 aliphatic rings. The molecule has 0 saturated heterocycles. The van der Waals surface area contributed by atoms with Crippen molar-refractivity contribution in [3.8, 4) is 0 Å². The lowest BCUT2D eigenvalue weighted by Crippen LogP contribution is -2.18. The Morgan fingerprint density at radius 3 is 2.41 bits per heavy atom. The van der Waals surface area contributed by atoms with E-state index in [4.69, 9.17) is 0 Å². The predicted molar refractivity (Wildman–Crippen MR) is 92.0 cm³/mol. The van der Waals surface area contributed by atoms with E-state index in [0.717, 1.165) is 12.8 Å². The Bertz CT molecular complexity index is 418. The van der Waals surface area contributed by atoms with Crippen molar-refractivity contribution in [2.75, 3.05) is 0 Å². The highest BCUT2D eigenvalue weighted by molar-refractivity contribution is 5.92. The zero-order chi connectivity index (χ0) is 15.9. The number of carbonyl (C=O) groups is 1. The van der Waals surface area contributed by atoms with Gasteiger partial charge < -0.3 is 0 Å². The Morgan fingerprint density at radius 2 is 1.77 bits per heavy atom.